The number of hydrogen-bond donors (Lipinski definition) is 1. The predicted octanol–water partition coefficient (Wildman–Crippen LogP) is 3.84. The van der Waals surface area contributed by atoms with Crippen LogP contribution in [0.15, 0.2) is 18.2 Å². The fourth-order valence-corrected chi connectivity index (χ4v) is 2.81. The molecule has 0 bridgehead atoms. The number of nitrogens with zero attached hydrogens (tertiary/aromatic N) is 2. The van der Waals surface area contributed by atoms with E-state index >= 15 is 0 Å². The molecule has 0 fully saturated rings. The third-order valence-electron chi connectivity index (χ3n) is 3.62. The third kappa shape index (κ3) is 2.70. The van der Waals surface area contributed by atoms with Crippen molar-refractivity contribution < 1.29 is 4.39 Å². The highest BCUT2D eigenvalue weighted by molar-refractivity contribution is 5.77. The maximum atomic E-state index is 14.0. The van der Waals surface area contributed by atoms with Crippen LogP contribution in [0, 0.1) is 11.7 Å². The van der Waals surface area contributed by atoms with E-state index in [4.69, 9.17) is 5.73 Å². The zero-order valence-electron chi connectivity index (χ0n) is 12.7. The number of para-hydroxylation sites is 1. The summed E-state index contributed by atoms with van der Waals surface area (Å²) in [5.74, 6) is 1.36. The lowest BCUT2D eigenvalue weighted by atomic mass is 9.96. The van der Waals surface area contributed by atoms with Crippen molar-refractivity contribution in [2.75, 3.05) is 6.54 Å². The highest BCUT2D eigenvalue weighted by Crippen LogP contribution is 2.30. The lowest BCUT2D eigenvalue weighted by Gasteiger charge is -2.20. The van der Waals surface area contributed by atoms with Crippen molar-refractivity contribution in [3.8, 4) is 0 Å². The Labute approximate surface area is 120 Å². The van der Waals surface area contributed by atoms with Crippen LogP contribution < -0.4 is 5.73 Å². The van der Waals surface area contributed by atoms with Crippen LogP contribution in [0.25, 0.3) is 11.0 Å². The minimum absolute atomic E-state index is 0.171. The zero-order chi connectivity index (χ0) is 14.9. The molecule has 0 spiro atoms. The van der Waals surface area contributed by atoms with Gasteiger partial charge in [-0.05, 0) is 38.3 Å². The largest absolute Gasteiger partial charge is 0.330 e. The van der Waals surface area contributed by atoms with E-state index in [-0.39, 0.29) is 17.8 Å². The van der Waals surface area contributed by atoms with Gasteiger partial charge in [0.25, 0.3) is 0 Å². The van der Waals surface area contributed by atoms with Crippen LogP contribution in [-0.2, 0) is 0 Å². The lowest BCUT2D eigenvalue weighted by molar-refractivity contribution is 0.459. The van der Waals surface area contributed by atoms with E-state index in [1.165, 1.54) is 6.07 Å². The molecule has 110 valence electrons. The monoisotopic (exact) mass is 277 g/mol. The molecule has 0 saturated heterocycles. The van der Waals surface area contributed by atoms with Gasteiger partial charge in [0.2, 0.25) is 0 Å². The quantitative estimate of drug-likeness (QED) is 0.902. The average Bonchev–Trinajstić information content (AvgIpc) is 2.76. The predicted molar refractivity (Wildman–Crippen MR) is 81.3 cm³/mol. The lowest BCUT2D eigenvalue weighted by Crippen LogP contribution is -2.20. The van der Waals surface area contributed by atoms with Gasteiger partial charge in [0, 0.05) is 18.5 Å². The average molecular weight is 277 g/mol. The zero-order valence-corrected chi connectivity index (χ0v) is 12.7. The summed E-state index contributed by atoms with van der Waals surface area (Å²) in [5, 5.41) is 0. The molecule has 0 aliphatic heterocycles. The van der Waals surface area contributed by atoms with Crippen molar-refractivity contribution in [2.45, 2.75) is 46.1 Å². The van der Waals surface area contributed by atoms with Gasteiger partial charge in [0.05, 0.1) is 5.52 Å². The molecule has 2 N–H and O–H groups in total. The summed E-state index contributed by atoms with van der Waals surface area (Å²) in [7, 11) is 0. The molecule has 1 aromatic carbocycles. The van der Waals surface area contributed by atoms with E-state index in [1.54, 1.807) is 6.07 Å². The van der Waals surface area contributed by atoms with Gasteiger partial charge < -0.3 is 10.3 Å². The van der Waals surface area contributed by atoms with E-state index in [0.29, 0.717) is 18.0 Å². The summed E-state index contributed by atoms with van der Waals surface area (Å²) in [4.78, 5) is 4.57. The SMILES string of the molecule is CC(C)CC(CN)c1nc2c(F)cccc2n1C(C)C. The van der Waals surface area contributed by atoms with Crippen LogP contribution in [-0.4, -0.2) is 16.1 Å². The van der Waals surface area contributed by atoms with Crippen LogP contribution in [0.2, 0.25) is 0 Å². The second-order valence-electron chi connectivity index (χ2n) is 6.10. The van der Waals surface area contributed by atoms with Crippen molar-refractivity contribution in [2.24, 2.45) is 11.7 Å². The highest BCUT2D eigenvalue weighted by atomic mass is 19.1. The molecule has 1 heterocycles. The van der Waals surface area contributed by atoms with Gasteiger partial charge in [-0.1, -0.05) is 19.9 Å². The van der Waals surface area contributed by atoms with Crippen molar-refractivity contribution in [3.63, 3.8) is 0 Å². The van der Waals surface area contributed by atoms with Crippen molar-refractivity contribution >= 4 is 11.0 Å². The van der Waals surface area contributed by atoms with Crippen LogP contribution >= 0.6 is 0 Å². The van der Waals surface area contributed by atoms with Gasteiger partial charge in [-0.3, -0.25) is 0 Å². The first-order valence-corrected chi connectivity index (χ1v) is 7.32. The minimum atomic E-state index is -0.261. The van der Waals surface area contributed by atoms with E-state index in [2.05, 4.69) is 37.2 Å². The number of hydrogen-bond acceptors (Lipinski definition) is 2. The van der Waals surface area contributed by atoms with Crippen LogP contribution in [0.5, 0.6) is 0 Å². The van der Waals surface area contributed by atoms with Gasteiger partial charge in [-0.15, -0.1) is 0 Å². The molecule has 0 aliphatic carbocycles. The molecule has 0 amide bonds. The molecule has 0 aliphatic rings. The molecular formula is C16H24FN3. The molecule has 3 nitrogen and oxygen atoms in total. The number of halogens is 1. The topological polar surface area (TPSA) is 43.8 Å². The van der Waals surface area contributed by atoms with Gasteiger partial charge in [0.15, 0.2) is 5.82 Å². The van der Waals surface area contributed by atoms with Gasteiger partial charge in [0.1, 0.15) is 11.3 Å². The number of benzene rings is 1. The van der Waals surface area contributed by atoms with Crippen LogP contribution in [0.3, 0.4) is 0 Å². The summed E-state index contributed by atoms with van der Waals surface area (Å²) in [6.07, 6.45) is 0.966. The molecule has 0 saturated carbocycles. The van der Waals surface area contributed by atoms with Crippen LogP contribution in [0.1, 0.15) is 51.9 Å². The summed E-state index contributed by atoms with van der Waals surface area (Å²) in [6.45, 7) is 9.07. The van der Waals surface area contributed by atoms with Gasteiger partial charge in [-0.25, -0.2) is 9.37 Å². The number of nitrogens with two attached hydrogens (primary N) is 1. The molecule has 0 radical (unpaired) electrons. The first-order chi connectivity index (χ1) is 9.45. The summed E-state index contributed by atoms with van der Waals surface area (Å²) >= 11 is 0. The maximum Gasteiger partial charge on any atom is 0.151 e. The normalized spacial score (nSPS) is 13.6. The van der Waals surface area contributed by atoms with Crippen molar-refractivity contribution in [1.29, 1.82) is 0 Å². The van der Waals surface area contributed by atoms with Gasteiger partial charge >= 0.3 is 0 Å². The maximum absolute atomic E-state index is 14.0. The van der Waals surface area contributed by atoms with E-state index in [9.17, 15) is 4.39 Å². The fourth-order valence-electron chi connectivity index (χ4n) is 2.81. The summed E-state index contributed by atoms with van der Waals surface area (Å²) in [5.41, 5.74) is 7.25. The number of imidazole rings is 1. The molecule has 1 atom stereocenters. The summed E-state index contributed by atoms with van der Waals surface area (Å²) < 4.78 is 16.1. The smallest absolute Gasteiger partial charge is 0.151 e. The standard InChI is InChI=1S/C16H24FN3/c1-10(2)8-12(9-18)16-19-15-13(17)6-5-7-14(15)20(16)11(3)4/h5-7,10-12H,8-9,18H2,1-4H3. The van der Waals surface area contributed by atoms with E-state index in [0.717, 1.165) is 17.8 Å². The molecule has 2 aromatic rings. The fraction of sp³-hybridized carbons (Fsp3) is 0.562. The minimum Gasteiger partial charge on any atom is -0.330 e. The van der Waals surface area contributed by atoms with Crippen LogP contribution in [0.4, 0.5) is 4.39 Å². The molecule has 2 rings (SSSR count). The van der Waals surface area contributed by atoms with E-state index < -0.39 is 0 Å². The number of fused-ring (bicyclic) bond motifs is 1. The van der Waals surface area contributed by atoms with Crippen molar-refractivity contribution in [3.05, 3.63) is 29.8 Å². The molecule has 4 heteroatoms. The molecule has 1 aromatic heterocycles. The second kappa shape index (κ2) is 5.92. The van der Waals surface area contributed by atoms with Gasteiger partial charge in [-0.2, -0.15) is 0 Å². The Morgan fingerprint density at radius 2 is 1.95 bits per heavy atom. The Kier molecular flexibility index (Phi) is 4.43. The van der Waals surface area contributed by atoms with E-state index in [1.807, 2.05) is 6.07 Å². The van der Waals surface area contributed by atoms with Crippen molar-refractivity contribution in [1.82, 2.24) is 9.55 Å². The third-order valence-corrected chi connectivity index (χ3v) is 3.62. The highest BCUT2D eigenvalue weighted by Gasteiger charge is 2.22. The Morgan fingerprint density at radius 1 is 1.25 bits per heavy atom. The molecule has 20 heavy (non-hydrogen) atoms. The Hall–Kier alpha value is -1.42. The Balaban J connectivity index is 2.62. The molecule has 1 unspecified atom stereocenters. The Bertz CT molecular complexity index is 587. The molecular weight excluding hydrogens is 253 g/mol. The first kappa shape index (κ1) is 15.0. The number of rotatable bonds is 5. The summed E-state index contributed by atoms with van der Waals surface area (Å²) in [6, 6.07) is 5.36. The Morgan fingerprint density at radius 3 is 2.50 bits per heavy atom. The number of aromatic nitrogens is 2. The first-order valence-electron chi connectivity index (χ1n) is 7.32. The second-order valence-corrected chi connectivity index (χ2v) is 6.10.